The molecule has 2 aliphatic rings. The maximum absolute atomic E-state index is 13.9. The van der Waals surface area contributed by atoms with Crippen LogP contribution in [-0.2, 0) is 17.9 Å². The Kier molecular flexibility index (Phi) is 7.28. The van der Waals surface area contributed by atoms with E-state index in [2.05, 4.69) is 10.2 Å². The van der Waals surface area contributed by atoms with Gasteiger partial charge < -0.3 is 10.1 Å². The first kappa shape index (κ1) is 26.3. The Bertz CT molecular complexity index is 1080. The number of carbonyl (C=O) groups is 1. The molecule has 2 aromatic carbocycles. The molecule has 4 nitrogen and oxygen atoms in total. The lowest BCUT2D eigenvalue weighted by molar-refractivity contribution is -0.143. The Morgan fingerprint density at radius 1 is 1.00 bits per heavy atom. The van der Waals surface area contributed by atoms with E-state index >= 15 is 0 Å². The fraction of sp³-hybridized carbons (Fsp3) is 0.500. The summed E-state index contributed by atoms with van der Waals surface area (Å²) >= 11 is 0. The summed E-state index contributed by atoms with van der Waals surface area (Å²) in [5.74, 6) is -1.90. The van der Waals surface area contributed by atoms with Crippen molar-refractivity contribution in [1.82, 2.24) is 10.2 Å². The van der Waals surface area contributed by atoms with Crippen LogP contribution in [0.1, 0.15) is 65.6 Å². The largest absolute Gasteiger partial charge is 0.496 e. The molecule has 0 radical (unpaired) electrons. The van der Waals surface area contributed by atoms with E-state index in [0.29, 0.717) is 31.5 Å². The minimum absolute atomic E-state index is 0.0294. The van der Waals surface area contributed by atoms with E-state index < -0.39 is 46.2 Å². The molecule has 196 valence electrons. The first-order chi connectivity index (χ1) is 16.9. The number of methoxy groups -OCH3 is 1. The number of hydrogen-bond acceptors (Lipinski definition) is 3. The van der Waals surface area contributed by atoms with Gasteiger partial charge in [0, 0.05) is 12.6 Å². The third-order valence-electron chi connectivity index (χ3n) is 7.22. The summed E-state index contributed by atoms with van der Waals surface area (Å²) in [5.41, 5.74) is -4.44. The first-order valence-electron chi connectivity index (χ1n) is 11.9. The van der Waals surface area contributed by atoms with Gasteiger partial charge in [-0.15, -0.1) is 0 Å². The highest BCUT2D eigenvalue weighted by atomic mass is 19.4. The van der Waals surface area contributed by atoms with E-state index in [-0.39, 0.29) is 6.07 Å². The number of hydrogen-bond donors (Lipinski definition) is 1. The highest BCUT2D eigenvalue weighted by Gasteiger charge is 2.45. The van der Waals surface area contributed by atoms with Gasteiger partial charge >= 0.3 is 12.4 Å². The molecule has 10 heteroatoms. The van der Waals surface area contributed by atoms with E-state index in [1.807, 2.05) is 12.1 Å². The van der Waals surface area contributed by atoms with Gasteiger partial charge in [0.25, 0.3) is 5.91 Å². The molecule has 1 heterocycles. The molecule has 1 aliphatic carbocycles. The van der Waals surface area contributed by atoms with Crippen molar-refractivity contribution in [3.05, 3.63) is 64.7 Å². The van der Waals surface area contributed by atoms with Crippen molar-refractivity contribution in [2.45, 2.75) is 62.5 Å². The Morgan fingerprint density at radius 3 is 2.25 bits per heavy atom. The zero-order valence-electron chi connectivity index (χ0n) is 19.8. The van der Waals surface area contributed by atoms with Crippen LogP contribution in [0, 0.1) is 0 Å². The number of carbonyl (C=O) groups excluding carboxylic acids is 1. The number of likely N-dealkylation sites (tertiary alicyclic amines) is 1. The van der Waals surface area contributed by atoms with Gasteiger partial charge in [-0.05, 0) is 49.9 Å². The topological polar surface area (TPSA) is 41.6 Å². The SMILES string of the molecule is COc1cc(C(F)(F)F)cc(C(F)(F)F)c1C(=O)NC1(c2ccccc2)CCCN(C2CCCC2)C1. The first-order valence-corrected chi connectivity index (χ1v) is 11.9. The molecule has 2 aromatic rings. The molecule has 36 heavy (non-hydrogen) atoms. The second kappa shape index (κ2) is 9.95. The van der Waals surface area contributed by atoms with E-state index in [9.17, 15) is 31.1 Å². The van der Waals surface area contributed by atoms with Gasteiger partial charge in [-0.2, -0.15) is 26.3 Å². The third-order valence-corrected chi connectivity index (χ3v) is 7.22. The summed E-state index contributed by atoms with van der Waals surface area (Å²) < 4.78 is 86.7. The second-order valence-electron chi connectivity index (χ2n) is 9.51. The average Bonchev–Trinajstić information content (AvgIpc) is 3.38. The van der Waals surface area contributed by atoms with E-state index in [4.69, 9.17) is 4.74 Å². The smallest absolute Gasteiger partial charge is 0.417 e. The fourth-order valence-corrected chi connectivity index (χ4v) is 5.51. The number of nitrogens with one attached hydrogen (secondary N) is 1. The van der Waals surface area contributed by atoms with Crippen LogP contribution < -0.4 is 10.1 Å². The molecule has 0 spiro atoms. The summed E-state index contributed by atoms with van der Waals surface area (Å²) in [6, 6.07) is 9.74. The van der Waals surface area contributed by atoms with Crippen LogP contribution in [0.4, 0.5) is 26.3 Å². The summed E-state index contributed by atoms with van der Waals surface area (Å²) in [4.78, 5) is 15.8. The van der Waals surface area contributed by atoms with Crippen molar-refractivity contribution in [1.29, 1.82) is 0 Å². The summed E-state index contributed by atoms with van der Waals surface area (Å²) in [6.45, 7) is 1.21. The normalized spacial score (nSPS) is 22.0. The van der Waals surface area contributed by atoms with Gasteiger partial charge in [-0.25, -0.2) is 0 Å². The molecular formula is C26H28F6N2O2. The van der Waals surface area contributed by atoms with E-state index in [0.717, 1.165) is 44.9 Å². The molecule has 1 unspecified atom stereocenters. The molecule has 1 saturated heterocycles. The summed E-state index contributed by atoms with van der Waals surface area (Å²) in [5, 5.41) is 2.82. The number of rotatable bonds is 5. The molecule has 1 atom stereocenters. The van der Waals surface area contributed by atoms with Gasteiger partial charge in [-0.1, -0.05) is 43.2 Å². The fourth-order valence-electron chi connectivity index (χ4n) is 5.51. The van der Waals surface area contributed by atoms with Crippen LogP contribution in [-0.4, -0.2) is 37.0 Å². The van der Waals surface area contributed by atoms with Crippen LogP contribution in [0.5, 0.6) is 5.75 Å². The van der Waals surface area contributed by atoms with E-state index in [1.54, 1.807) is 18.2 Å². The number of piperidine rings is 1. The predicted octanol–water partition coefficient (Wildman–Crippen LogP) is 6.40. The van der Waals surface area contributed by atoms with Crippen molar-refractivity contribution in [2.75, 3.05) is 20.2 Å². The van der Waals surface area contributed by atoms with Gasteiger partial charge in [0.1, 0.15) is 5.75 Å². The van der Waals surface area contributed by atoms with E-state index in [1.165, 1.54) is 0 Å². The molecular weight excluding hydrogens is 486 g/mol. The molecule has 4 rings (SSSR count). The van der Waals surface area contributed by atoms with Crippen LogP contribution in [0.3, 0.4) is 0 Å². The Labute approximate surface area is 205 Å². The quantitative estimate of drug-likeness (QED) is 0.470. The number of halogens is 6. The van der Waals surface area contributed by atoms with Gasteiger partial charge in [0.2, 0.25) is 0 Å². The van der Waals surface area contributed by atoms with Crippen molar-refractivity contribution >= 4 is 5.91 Å². The standard InChI is InChI=1S/C26H28F6N2O2/c1-36-21-15-18(25(27,28)29)14-20(26(30,31)32)22(21)23(35)33-24(17-8-3-2-4-9-17)12-7-13-34(16-24)19-10-5-6-11-19/h2-4,8-9,14-15,19H,5-7,10-13,16H2,1H3,(H,33,35). The Balaban J connectivity index is 1.78. The molecule has 1 N–H and O–H groups in total. The molecule has 1 aliphatic heterocycles. The number of nitrogens with zero attached hydrogens (tertiary/aromatic N) is 1. The maximum Gasteiger partial charge on any atom is 0.417 e. The Morgan fingerprint density at radius 2 is 1.67 bits per heavy atom. The second-order valence-corrected chi connectivity index (χ2v) is 9.51. The molecule has 2 fully saturated rings. The van der Waals surface area contributed by atoms with Crippen molar-refractivity contribution in [3.8, 4) is 5.75 Å². The minimum atomic E-state index is -5.20. The molecule has 0 bridgehead atoms. The number of amides is 1. The van der Waals surface area contributed by atoms with Crippen LogP contribution >= 0.6 is 0 Å². The van der Waals surface area contributed by atoms with Crippen molar-refractivity contribution in [3.63, 3.8) is 0 Å². The highest BCUT2D eigenvalue weighted by molar-refractivity contribution is 5.99. The monoisotopic (exact) mass is 514 g/mol. The molecule has 0 aromatic heterocycles. The van der Waals surface area contributed by atoms with Gasteiger partial charge in [-0.3, -0.25) is 9.69 Å². The van der Waals surface area contributed by atoms with Crippen LogP contribution in [0.25, 0.3) is 0 Å². The predicted molar refractivity (Wildman–Crippen MR) is 122 cm³/mol. The average molecular weight is 515 g/mol. The van der Waals surface area contributed by atoms with Crippen molar-refractivity contribution in [2.24, 2.45) is 0 Å². The van der Waals surface area contributed by atoms with Crippen molar-refractivity contribution < 1.29 is 35.9 Å². The number of alkyl halides is 6. The molecule has 1 amide bonds. The maximum atomic E-state index is 13.9. The lowest BCUT2D eigenvalue weighted by Gasteiger charge is -2.46. The third kappa shape index (κ3) is 5.33. The highest BCUT2D eigenvalue weighted by Crippen LogP contribution is 2.42. The summed E-state index contributed by atoms with van der Waals surface area (Å²) in [7, 11) is 0.946. The summed E-state index contributed by atoms with van der Waals surface area (Å²) in [6.07, 6.45) is -4.82. The molecule has 1 saturated carbocycles. The number of ether oxygens (including phenoxy) is 1. The van der Waals surface area contributed by atoms with Crippen LogP contribution in [0.2, 0.25) is 0 Å². The Hall–Kier alpha value is -2.75. The van der Waals surface area contributed by atoms with Crippen LogP contribution in [0.15, 0.2) is 42.5 Å². The zero-order chi connectivity index (χ0) is 26.1. The number of benzene rings is 2. The minimum Gasteiger partial charge on any atom is -0.496 e. The lowest BCUT2D eigenvalue weighted by atomic mass is 9.81. The van der Waals surface area contributed by atoms with Gasteiger partial charge in [0.05, 0.1) is 29.3 Å². The lowest BCUT2D eigenvalue weighted by Crippen LogP contribution is -2.58. The zero-order valence-corrected chi connectivity index (χ0v) is 19.8. The van der Waals surface area contributed by atoms with Gasteiger partial charge in [0.15, 0.2) is 0 Å².